The molecular weight excluding hydrogens is 503 g/mol. The fraction of sp³-hybridized carbons (Fsp3) is 0.208. The molecule has 14 heteroatoms. The number of benzene rings is 2. The molecule has 0 saturated carbocycles. The van der Waals surface area contributed by atoms with Gasteiger partial charge in [-0.05, 0) is 59.3 Å². The van der Waals surface area contributed by atoms with Crippen LogP contribution in [0.1, 0.15) is 27.4 Å². The lowest BCUT2D eigenvalue weighted by Crippen LogP contribution is -2.34. The van der Waals surface area contributed by atoms with Crippen molar-refractivity contribution < 1.29 is 22.7 Å². The summed E-state index contributed by atoms with van der Waals surface area (Å²) in [7, 11) is 0. The highest BCUT2D eigenvalue weighted by molar-refractivity contribution is 6.07. The summed E-state index contributed by atoms with van der Waals surface area (Å²) in [6.45, 7) is 2.59. The van der Waals surface area contributed by atoms with Crippen LogP contribution >= 0.6 is 0 Å². The molecule has 2 aromatic carbocycles. The second-order valence-corrected chi connectivity index (χ2v) is 8.63. The van der Waals surface area contributed by atoms with Crippen LogP contribution in [-0.4, -0.2) is 59.4 Å². The molecule has 0 atom stereocenters. The average molecular weight is 521 g/mol. The van der Waals surface area contributed by atoms with E-state index in [1.807, 2.05) is 13.0 Å². The number of aryl methyl sites for hydroxylation is 1. The number of rotatable bonds is 4. The first kappa shape index (κ1) is 23.5. The van der Waals surface area contributed by atoms with Gasteiger partial charge in [-0.1, -0.05) is 0 Å². The molecule has 192 valence electrons. The van der Waals surface area contributed by atoms with Crippen molar-refractivity contribution in [2.24, 2.45) is 0 Å². The Bertz CT molecular complexity index is 1660. The molecule has 0 spiro atoms. The maximum absolute atomic E-state index is 13.6. The van der Waals surface area contributed by atoms with E-state index in [9.17, 15) is 18.0 Å². The first-order valence-electron chi connectivity index (χ1n) is 11.5. The molecule has 6 rings (SSSR count). The molecule has 5 aromatic rings. The Morgan fingerprint density at radius 2 is 2.00 bits per heavy atom. The highest BCUT2D eigenvalue weighted by atomic mass is 19.4. The molecular formula is C24H18F3N9O2. The molecule has 1 N–H and O–H groups in total. The zero-order valence-corrected chi connectivity index (χ0v) is 19.8. The fourth-order valence-electron chi connectivity index (χ4n) is 4.35. The predicted molar refractivity (Wildman–Crippen MR) is 127 cm³/mol. The van der Waals surface area contributed by atoms with Gasteiger partial charge in [0.25, 0.3) is 5.91 Å². The summed E-state index contributed by atoms with van der Waals surface area (Å²) in [5.74, 6) is 0.877. The van der Waals surface area contributed by atoms with Crippen LogP contribution in [0.15, 0.2) is 48.8 Å². The normalized spacial score (nSPS) is 13.9. The van der Waals surface area contributed by atoms with Gasteiger partial charge in [-0.25, -0.2) is 19.7 Å². The van der Waals surface area contributed by atoms with Crippen molar-refractivity contribution in [3.8, 4) is 17.1 Å². The van der Waals surface area contributed by atoms with Crippen molar-refractivity contribution in [2.45, 2.75) is 19.6 Å². The van der Waals surface area contributed by atoms with E-state index in [4.69, 9.17) is 4.74 Å². The lowest BCUT2D eigenvalue weighted by molar-refractivity contribution is -0.137. The Labute approximate surface area is 212 Å². The quantitative estimate of drug-likeness (QED) is 0.381. The zero-order valence-electron chi connectivity index (χ0n) is 19.8. The minimum atomic E-state index is -4.44. The SMILES string of the molecule is Cc1cc(-c2ncc3cc(C(F)(F)F)ccc3n2)ccc1N1CCOc2cnn(Cc3nnn[nH]3)c2C1=O. The molecule has 1 amide bonds. The van der Waals surface area contributed by atoms with Crippen molar-refractivity contribution >= 4 is 22.5 Å². The minimum absolute atomic E-state index is 0.160. The highest BCUT2D eigenvalue weighted by Gasteiger charge is 2.31. The Balaban J connectivity index is 1.30. The Morgan fingerprint density at radius 3 is 2.76 bits per heavy atom. The van der Waals surface area contributed by atoms with Gasteiger partial charge in [0.2, 0.25) is 0 Å². The summed E-state index contributed by atoms with van der Waals surface area (Å²) < 4.78 is 46.3. The molecule has 38 heavy (non-hydrogen) atoms. The third-order valence-electron chi connectivity index (χ3n) is 6.17. The predicted octanol–water partition coefficient (Wildman–Crippen LogP) is 3.42. The number of anilines is 1. The second-order valence-electron chi connectivity index (χ2n) is 8.63. The molecule has 1 aliphatic rings. The Morgan fingerprint density at radius 1 is 1.13 bits per heavy atom. The lowest BCUT2D eigenvalue weighted by atomic mass is 10.1. The van der Waals surface area contributed by atoms with E-state index >= 15 is 0 Å². The van der Waals surface area contributed by atoms with Gasteiger partial charge in [0, 0.05) is 22.8 Å². The number of tetrazole rings is 1. The summed E-state index contributed by atoms with van der Waals surface area (Å²) >= 11 is 0. The van der Waals surface area contributed by atoms with Crippen LogP contribution < -0.4 is 9.64 Å². The van der Waals surface area contributed by atoms with Crippen LogP contribution in [0.5, 0.6) is 5.75 Å². The number of ether oxygens (including phenoxy) is 1. The van der Waals surface area contributed by atoms with Crippen LogP contribution in [0.3, 0.4) is 0 Å². The molecule has 1 aliphatic heterocycles. The summed E-state index contributed by atoms with van der Waals surface area (Å²) in [6, 6.07) is 8.74. The number of aromatic amines is 1. The molecule has 0 fully saturated rings. The van der Waals surface area contributed by atoms with E-state index in [-0.39, 0.29) is 24.8 Å². The number of aromatic nitrogens is 8. The smallest absolute Gasteiger partial charge is 0.416 e. The average Bonchev–Trinajstić information content (AvgIpc) is 3.52. The third kappa shape index (κ3) is 4.19. The maximum atomic E-state index is 13.6. The van der Waals surface area contributed by atoms with E-state index in [0.717, 1.165) is 17.7 Å². The van der Waals surface area contributed by atoms with E-state index in [2.05, 4.69) is 35.7 Å². The van der Waals surface area contributed by atoms with E-state index in [0.29, 0.717) is 46.1 Å². The first-order valence-corrected chi connectivity index (χ1v) is 11.5. The number of alkyl halides is 3. The largest absolute Gasteiger partial charge is 0.488 e. The molecule has 11 nitrogen and oxygen atoms in total. The van der Waals surface area contributed by atoms with Gasteiger partial charge < -0.3 is 9.64 Å². The number of amides is 1. The third-order valence-corrected chi connectivity index (χ3v) is 6.17. The van der Waals surface area contributed by atoms with Crippen molar-refractivity contribution in [1.29, 1.82) is 0 Å². The Kier molecular flexibility index (Phi) is 5.51. The molecule has 0 radical (unpaired) electrons. The number of carbonyl (C=O) groups excluding carboxylic acids is 1. The standard InChI is InChI=1S/C24H18F3N9O2/c1-13-8-14(22-28-10-15-9-16(24(25,26)27)3-4-17(15)30-22)2-5-18(13)35-6-7-38-19-11-29-36(21(19)23(35)37)12-20-31-33-34-32-20/h2-5,8-11H,6-7,12H2,1H3,(H,31,32,33,34). The fourth-order valence-corrected chi connectivity index (χ4v) is 4.35. The van der Waals surface area contributed by atoms with Gasteiger partial charge in [0.15, 0.2) is 23.1 Å². The number of hydrogen-bond acceptors (Lipinski definition) is 8. The van der Waals surface area contributed by atoms with Crippen molar-refractivity contribution in [2.75, 3.05) is 18.1 Å². The monoisotopic (exact) mass is 521 g/mol. The second kappa shape index (κ2) is 8.90. The van der Waals surface area contributed by atoms with Gasteiger partial charge in [0.05, 0.1) is 23.8 Å². The lowest BCUT2D eigenvalue weighted by Gasteiger charge is -2.23. The number of carbonyl (C=O) groups is 1. The van der Waals surface area contributed by atoms with E-state index in [1.165, 1.54) is 23.1 Å². The van der Waals surface area contributed by atoms with Crippen molar-refractivity contribution in [3.05, 3.63) is 71.4 Å². The number of nitrogens with one attached hydrogen (secondary N) is 1. The summed E-state index contributed by atoms with van der Waals surface area (Å²) in [6.07, 6.45) is -1.58. The molecule has 3 aromatic heterocycles. The topological polar surface area (TPSA) is 128 Å². The van der Waals surface area contributed by atoms with Crippen LogP contribution in [0.4, 0.5) is 18.9 Å². The number of nitrogens with zero attached hydrogens (tertiary/aromatic N) is 8. The number of hydrogen-bond donors (Lipinski definition) is 1. The van der Waals surface area contributed by atoms with E-state index in [1.54, 1.807) is 17.0 Å². The Hall–Kier alpha value is -4.88. The minimum Gasteiger partial charge on any atom is -0.488 e. The van der Waals surface area contributed by atoms with Crippen LogP contribution in [0.25, 0.3) is 22.3 Å². The molecule has 0 saturated heterocycles. The van der Waals surface area contributed by atoms with Crippen molar-refractivity contribution in [3.63, 3.8) is 0 Å². The van der Waals surface area contributed by atoms with Crippen LogP contribution in [-0.2, 0) is 12.7 Å². The highest BCUT2D eigenvalue weighted by Crippen LogP contribution is 2.33. The molecule has 0 unspecified atom stereocenters. The maximum Gasteiger partial charge on any atom is 0.416 e. The van der Waals surface area contributed by atoms with Crippen LogP contribution in [0, 0.1) is 6.92 Å². The van der Waals surface area contributed by atoms with Crippen LogP contribution in [0.2, 0.25) is 0 Å². The zero-order chi connectivity index (χ0) is 26.4. The molecule has 0 aliphatic carbocycles. The first-order chi connectivity index (χ1) is 18.3. The molecule has 0 bridgehead atoms. The number of halogens is 3. The number of H-pyrrole nitrogens is 1. The van der Waals surface area contributed by atoms with Gasteiger partial charge >= 0.3 is 6.18 Å². The van der Waals surface area contributed by atoms with Gasteiger partial charge in [-0.15, -0.1) is 5.10 Å². The van der Waals surface area contributed by atoms with Gasteiger partial charge in [-0.3, -0.25) is 4.79 Å². The summed E-state index contributed by atoms with van der Waals surface area (Å²) in [5, 5.41) is 18.1. The molecule has 4 heterocycles. The van der Waals surface area contributed by atoms with Gasteiger partial charge in [0.1, 0.15) is 13.2 Å². The summed E-state index contributed by atoms with van der Waals surface area (Å²) in [4.78, 5) is 23.9. The number of fused-ring (bicyclic) bond motifs is 2. The summed E-state index contributed by atoms with van der Waals surface area (Å²) in [5.41, 5.74) is 2.02. The van der Waals surface area contributed by atoms with Crippen molar-refractivity contribution in [1.82, 2.24) is 40.4 Å². The van der Waals surface area contributed by atoms with E-state index < -0.39 is 11.7 Å². The van der Waals surface area contributed by atoms with Gasteiger partial charge in [-0.2, -0.15) is 18.3 Å².